The molecular weight excluding hydrogens is 326 g/mol. The van der Waals surface area contributed by atoms with Crippen LogP contribution < -0.4 is 10.6 Å². The van der Waals surface area contributed by atoms with Crippen LogP contribution in [0.15, 0.2) is 42.5 Å². The first-order valence-electron chi connectivity index (χ1n) is 9.29. The zero-order valence-corrected chi connectivity index (χ0v) is 15.5. The third kappa shape index (κ3) is 5.26. The fourth-order valence-corrected chi connectivity index (χ4v) is 3.23. The lowest BCUT2D eigenvalue weighted by Crippen LogP contribution is -2.40. The van der Waals surface area contributed by atoms with Gasteiger partial charge in [-0.05, 0) is 43.0 Å². The SMILES string of the molecule is CC(C)CN1CCC(Nc2ccc(C(=O)Nc3ccccc3)nn2)CC1. The van der Waals surface area contributed by atoms with Crippen molar-refractivity contribution < 1.29 is 4.79 Å². The van der Waals surface area contributed by atoms with Crippen LogP contribution in [0.1, 0.15) is 37.2 Å². The Hall–Kier alpha value is -2.47. The third-order valence-electron chi connectivity index (χ3n) is 4.49. The van der Waals surface area contributed by atoms with E-state index in [1.54, 1.807) is 6.07 Å². The minimum absolute atomic E-state index is 0.253. The van der Waals surface area contributed by atoms with E-state index in [1.165, 1.54) is 0 Å². The molecule has 0 unspecified atom stereocenters. The van der Waals surface area contributed by atoms with Gasteiger partial charge in [0.25, 0.3) is 5.91 Å². The average molecular weight is 353 g/mol. The molecule has 0 saturated carbocycles. The monoisotopic (exact) mass is 353 g/mol. The lowest BCUT2D eigenvalue weighted by Gasteiger charge is -2.33. The van der Waals surface area contributed by atoms with Gasteiger partial charge < -0.3 is 15.5 Å². The fraction of sp³-hybridized carbons (Fsp3) is 0.450. The second kappa shape index (κ2) is 8.76. The molecule has 6 heteroatoms. The highest BCUT2D eigenvalue weighted by Gasteiger charge is 2.20. The highest BCUT2D eigenvalue weighted by molar-refractivity contribution is 6.02. The summed E-state index contributed by atoms with van der Waals surface area (Å²) in [4.78, 5) is 14.7. The normalized spacial score (nSPS) is 15.8. The maximum absolute atomic E-state index is 12.2. The summed E-state index contributed by atoms with van der Waals surface area (Å²) in [6.07, 6.45) is 2.20. The molecule has 0 radical (unpaired) electrons. The number of carbonyl (C=O) groups excluding carboxylic acids is 1. The molecule has 2 N–H and O–H groups in total. The van der Waals surface area contributed by atoms with Gasteiger partial charge in [-0.3, -0.25) is 4.79 Å². The van der Waals surface area contributed by atoms with Gasteiger partial charge in [0.2, 0.25) is 0 Å². The minimum Gasteiger partial charge on any atom is -0.366 e. The number of benzene rings is 1. The second-order valence-corrected chi connectivity index (χ2v) is 7.24. The Kier molecular flexibility index (Phi) is 6.17. The summed E-state index contributed by atoms with van der Waals surface area (Å²) in [6.45, 7) is 7.91. The molecule has 1 fully saturated rings. The van der Waals surface area contributed by atoms with Gasteiger partial charge in [0.1, 0.15) is 5.82 Å². The summed E-state index contributed by atoms with van der Waals surface area (Å²) in [7, 11) is 0. The van der Waals surface area contributed by atoms with Crippen LogP contribution in [0, 0.1) is 5.92 Å². The zero-order valence-electron chi connectivity index (χ0n) is 15.5. The number of nitrogens with one attached hydrogen (secondary N) is 2. The molecule has 138 valence electrons. The van der Waals surface area contributed by atoms with Crippen LogP contribution in [0.25, 0.3) is 0 Å². The Balaban J connectivity index is 1.50. The van der Waals surface area contributed by atoms with Crippen molar-refractivity contribution in [3.05, 3.63) is 48.2 Å². The molecule has 6 nitrogen and oxygen atoms in total. The molecular formula is C20H27N5O. The Labute approximate surface area is 155 Å². The van der Waals surface area contributed by atoms with E-state index in [2.05, 4.69) is 39.6 Å². The average Bonchev–Trinajstić information content (AvgIpc) is 2.64. The van der Waals surface area contributed by atoms with E-state index in [1.807, 2.05) is 36.4 Å². The summed E-state index contributed by atoms with van der Waals surface area (Å²) in [5.74, 6) is 1.18. The van der Waals surface area contributed by atoms with Gasteiger partial charge in [-0.1, -0.05) is 32.0 Å². The zero-order chi connectivity index (χ0) is 18.4. The largest absolute Gasteiger partial charge is 0.366 e. The van der Waals surface area contributed by atoms with E-state index in [0.29, 0.717) is 17.7 Å². The Bertz CT molecular complexity index is 694. The molecule has 0 aliphatic carbocycles. The lowest BCUT2D eigenvalue weighted by molar-refractivity contribution is 0.102. The van der Waals surface area contributed by atoms with Crippen LogP contribution in [0.3, 0.4) is 0 Å². The minimum atomic E-state index is -0.253. The van der Waals surface area contributed by atoms with Crippen LogP contribution >= 0.6 is 0 Å². The molecule has 2 heterocycles. The summed E-state index contributed by atoms with van der Waals surface area (Å²) in [5.41, 5.74) is 1.06. The molecule has 0 bridgehead atoms. The van der Waals surface area contributed by atoms with Crippen LogP contribution in [0.5, 0.6) is 0 Å². The number of rotatable bonds is 6. The number of anilines is 2. The first-order chi connectivity index (χ1) is 12.6. The third-order valence-corrected chi connectivity index (χ3v) is 4.49. The van der Waals surface area contributed by atoms with E-state index >= 15 is 0 Å². The molecule has 1 aliphatic heterocycles. The first-order valence-corrected chi connectivity index (χ1v) is 9.29. The number of para-hydroxylation sites is 1. The molecule has 1 saturated heterocycles. The Morgan fingerprint density at radius 3 is 2.46 bits per heavy atom. The topological polar surface area (TPSA) is 70.2 Å². The smallest absolute Gasteiger partial charge is 0.276 e. The van der Waals surface area contributed by atoms with Gasteiger partial charge in [0, 0.05) is 31.4 Å². The van der Waals surface area contributed by atoms with Crippen LogP contribution in [-0.4, -0.2) is 46.7 Å². The molecule has 0 atom stereocenters. The van der Waals surface area contributed by atoms with Crippen molar-refractivity contribution in [3.8, 4) is 0 Å². The van der Waals surface area contributed by atoms with Crippen molar-refractivity contribution in [2.75, 3.05) is 30.3 Å². The fourth-order valence-electron chi connectivity index (χ4n) is 3.23. The quantitative estimate of drug-likeness (QED) is 0.834. The van der Waals surface area contributed by atoms with Crippen molar-refractivity contribution >= 4 is 17.4 Å². The number of carbonyl (C=O) groups is 1. The van der Waals surface area contributed by atoms with Gasteiger partial charge in [-0.25, -0.2) is 0 Å². The van der Waals surface area contributed by atoms with Crippen LogP contribution in [-0.2, 0) is 0 Å². The van der Waals surface area contributed by atoms with Crippen LogP contribution in [0.2, 0.25) is 0 Å². The number of amides is 1. The van der Waals surface area contributed by atoms with Crippen molar-refractivity contribution in [2.24, 2.45) is 5.92 Å². The molecule has 1 aromatic carbocycles. The van der Waals surface area contributed by atoms with Crippen molar-refractivity contribution in [2.45, 2.75) is 32.7 Å². The van der Waals surface area contributed by atoms with Gasteiger partial charge in [0.15, 0.2) is 5.69 Å². The molecule has 26 heavy (non-hydrogen) atoms. The van der Waals surface area contributed by atoms with Gasteiger partial charge in [-0.15, -0.1) is 10.2 Å². The summed E-state index contributed by atoms with van der Waals surface area (Å²) in [5, 5.41) is 14.5. The first kappa shape index (κ1) is 18.3. The van der Waals surface area contributed by atoms with Gasteiger partial charge >= 0.3 is 0 Å². The predicted octanol–water partition coefficient (Wildman–Crippen LogP) is 3.26. The van der Waals surface area contributed by atoms with Crippen LogP contribution in [0.4, 0.5) is 11.5 Å². The van der Waals surface area contributed by atoms with E-state index in [-0.39, 0.29) is 5.91 Å². The molecule has 1 aliphatic rings. The lowest BCUT2D eigenvalue weighted by atomic mass is 10.0. The predicted molar refractivity (Wildman–Crippen MR) is 104 cm³/mol. The van der Waals surface area contributed by atoms with Gasteiger partial charge in [-0.2, -0.15) is 0 Å². The van der Waals surface area contributed by atoms with Crippen molar-refractivity contribution in [1.82, 2.24) is 15.1 Å². The number of nitrogens with zero attached hydrogens (tertiary/aromatic N) is 3. The van der Waals surface area contributed by atoms with Crippen molar-refractivity contribution in [1.29, 1.82) is 0 Å². The van der Waals surface area contributed by atoms with E-state index in [4.69, 9.17) is 0 Å². The van der Waals surface area contributed by atoms with E-state index in [9.17, 15) is 4.79 Å². The number of hydrogen-bond donors (Lipinski definition) is 2. The molecule has 3 rings (SSSR count). The number of likely N-dealkylation sites (tertiary alicyclic amines) is 1. The van der Waals surface area contributed by atoms with E-state index in [0.717, 1.165) is 44.0 Å². The second-order valence-electron chi connectivity index (χ2n) is 7.24. The summed E-state index contributed by atoms with van der Waals surface area (Å²) in [6, 6.07) is 13.3. The highest BCUT2D eigenvalue weighted by Crippen LogP contribution is 2.16. The molecule has 1 amide bonds. The highest BCUT2D eigenvalue weighted by atomic mass is 16.1. The van der Waals surface area contributed by atoms with Gasteiger partial charge in [0.05, 0.1) is 0 Å². The molecule has 1 aromatic heterocycles. The number of hydrogen-bond acceptors (Lipinski definition) is 5. The molecule has 2 aromatic rings. The maximum atomic E-state index is 12.2. The summed E-state index contributed by atoms with van der Waals surface area (Å²) < 4.78 is 0. The van der Waals surface area contributed by atoms with Crippen molar-refractivity contribution in [3.63, 3.8) is 0 Å². The number of piperidine rings is 1. The Morgan fingerprint density at radius 1 is 1.12 bits per heavy atom. The standard InChI is InChI=1S/C20H27N5O/c1-15(2)14-25-12-10-17(11-13-25)21-19-9-8-18(23-24-19)20(26)22-16-6-4-3-5-7-16/h3-9,15,17H,10-14H2,1-2H3,(H,21,24)(H,22,26). The summed E-state index contributed by atoms with van der Waals surface area (Å²) >= 11 is 0. The Morgan fingerprint density at radius 2 is 1.85 bits per heavy atom. The molecule has 0 spiro atoms. The van der Waals surface area contributed by atoms with E-state index < -0.39 is 0 Å². The number of aromatic nitrogens is 2. The maximum Gasteiger partial charge on any atom is 0.276 e.